The smallest absolute Gasteiger partial charge is 0.242 e. The van der Waals surface area contributed by atoms with E-state index in [0.717, 1.165) is 12.8 Å². The van der Waals surface area contributed by atoms with Crippen LogP contribution in [-0.2, 0) is 10.0 Å². The van der Waals surface area contributed by atoms with Gasteiger partial charge in [-0.3, -0.25) is 0 Å². The molecule has 0 aromatic heterocycles. The molecule has 0 heterocycles. The van der Waals surface area contributed by atoms with Gasteiger partial charge in [-0.25, -0.2) is 13.1 Å². The van der Waals surface area contributed by atoms with Crippen molar-refractivity contribution in [3.63, 3.8) is 0 Å². The number of anilines is 1. The number of hydrogen-bond donors (Lipinski definition) is 3. The standard InChI is InChI=1S/C11H15ClN2O3S/c12-9-2-1-8(13)5-10(9)18(16,17)14-6-11(7-15)3-4-11/h1-2,5,14-15H,3-4,6-7,13H2. The monoisotopic (exact) mass is 290 g/mol. The van der Waals surface area contributed by atoms with Crippen molar-refractivity contribution < 1.29 is 13.5 Å². The first-order chi connectivity index (χ1) is 8.38. The highest BCUT2D eigenvalue weighted by Crippen LogP contribution is 2.44. The normalized spacial score (nSPS) is 17.7. The van der Waals surface area contributed by atoms with Gasteiger partial charge in [0.25, 0.3) is 0 Å². The number of nitrogens with one attached hydrogen (secondary N) is 1. The number of sulfonamides is 1. The van der Waals surface area contributed by atoms with Crippen LogP contribution < -0.4 is 10.5 Å². The fraction of sp³-hybridized carbons (Fsp3) is 0.455. The molecule has 2 rings (SSSR count). The van der Waals surface area contributed by atoms with E-state index in [2.05, 4.69) is 4.72 Å². The Bertz CT molecular complexity index is 555. The van der Waals surface area contributed by atoms with E-state index in [9.17, 15) is 8.42 Å². The SMILES string of the molecule is Nc1ccc(Cl)c(S(=O)(=O)NCC2(CO)CC2)c1. The van der Waals surface area contributed by atoms with Gasteiger partial charge in [0.2, 0.25) is 10.0 Å². The molecule has 1 fully saturated rings. The Labute approximate surface area is 111 Å². The molecule has 4 N–H and O–H groups in total. The lowest BCUT2D eigenvalue weighted by molar-refractivity contribution is 0.213. The molecular weight excluding hydrogens is 276 g/mol. The highest BCUT2D eigenvalue weighted by atomic mass is 35.5. The quantitative estimate of drug-likeness (QED) is 0.705. The van der Waals surface area contributed by atoms with E-state index in [0.29, 0.717) is 5.69 Å². The number of benzene rings is 1. The first kappa shape index (κ1) is 13.6. The topological polar surface area (TPSA) is 92.4 Å². The molecule has 0 atom stereocenters. The average Bonchev–Trinajstić information content (AvgIpc) is 3.11. The zero-order valence-electron chi connectivity index (χ0n) is 9.69. The van der Waals surface area contributed by atoms with Crippen LogP contribution in [0, 0.1) is 5.41 Å². The summed E-state index contributed by atoms with van der Waals surface area (Å²) in [6.45, 7) is 0.205. The van der Waals surface area contributed by atoms with Crippen molar-refractivity contribution in [2.75, 3.05) is 18.9 Å². The zero-order chi connectivity index (χ0) is 13.4. The second kappa shape index (κ2) is 4.70. The van der Waals surface area contributed by atoms with E-state index in [1.54, 1.807) is 0 Å². The fourth-order valence-corrected chi connectivity index (χ4v) is 3.31. The lowest BCUT2D eigenvalue weighted by atomic mass is 10.1. The molecule has 1 aliphatic rings. The van der Waals surface area contributed by atoms with E-state index >= 15 is 0 Å². The summed E-state index contributed by atoms with van der Waals surface area (Å²) < 4.78 is 26.6. The molecule has 0 saturated heterocycles. The minimum Gasteiger partial charge on any atom is -0.399 e. The number of nitrogens with two attached hydrogens (primary N) is 1. The third-order valence-corrected chi connectivity index (χ3v) is 5.06. The van der Waals surface area contributed by atoms with Gasteiger partial charge in [-0.15, -0.1) is 0 Å². The van der Waals surface area contributed by atoms with Gasteiger partial charge in [0.1, 0.15) is 4.90 Å². The van der Waals surface area contributed by atoms with Crippen LogP contribution in [0.25, 0.3) is 0 Å². The maximum atomic E-state index is 12.1. The Hall–Kier alpha value is -0.820. The molecule has 5 nitrogen and oxygen atoms in total. The Morgan fingerprint density at radius 1 is 1.44 bits per heavy atom. The molecule has 0 amide bonds. The molecular formula is C11H15ClN2O3S. The van der Waals surface area contributed by atoms with Gasteiger partial charge >= 0.3 is 0 Å². The van der Waals surface area contributed by atoms with Gasteiger partial charge in [-0.1, -0.05) is 11.6 Å². The summed E-state index contributed by atoms with van der Waals surface area (Å²) in [6, 6.07) is 4.31. The van der Waals surface area contributed by atoms with Gasteiger partial charge in [0.05, 0.1) is 5.02 Å². The Morgan fingerprint density at radius 2 is 2.11 bits per heavy atom. The van der Waals surface area contributed by atoms with E-state index in [1.807, 2.05) is 0 Å². The summed E-state index contributed by atoms with van der Waals surface area (Å²) in [7, 11) is -3.69. The summed E-state index contributed by atoms with van der Waals surface area (Å²) in [5.74, 6) is 0. The predicted molar refractivity (Wildman–Crippen MR) is 69.8 cm³/mol. The van der Waals surface area contributed by atoms with E-state index in [4.69, 9.17) is 22.4 Å². The molecule has 0 unspecified atom stereocenters. The van der Waals surface area contributed by atoms with E-state index < -0.39 is 10.0 Å². The molecule has 100 valence electrons. The van der Waals surface area contributed by atoms with Crippen LogP contribution in [0.3, 0.4) is 0 Å². The number of nitrogen functional groups attached to an aromatic ring is 1. The van der Waals surface area contributed by atoms with Crippen molar-refractivity contribution in [3.05, 3.63) is 23.2 Å². The Balaban J connectivity index is 2.18. The van der Waals surface area contributed by atoms with Crippen LogP contribution in [0.2, 0.25) is 5.02 Å². The zero-order valence-corrected chi connectivity index (χ0v) is 11.3. The number of aliphatic hydroxyl groups is 1. The van der Waals surface area contributed by atoms with Crippen LogP contribution in [0.5, 0.6) is 0 Å². The molecule has 0 aliphatic heterocycles. The van der Waals surface area contributed by atoms with Crippen LogP contribution in [0.1, 0.15) is 12.8 Å². The molecule has 1 aliphatic carbocycles. The summed E-state index contributed by atoms with van der Waals surface area (Å²) in [5.41, 5.74) is 5.60. The van der Waals surface area contributed by atoms with Gasteiger partial charge in [0.15, 0.2) is 0 Å². The second-order valence-corrected chi connectivity index (χ2v) is 6.82. The van der Waals surface area contributed by atoms with Crippen molar-refractivity contribution in [2.24, 2.45) is 5.41 Å². The molecule has 0 spiro atoms. The summed E-state index contributed by atoms with van der Waals surface area (Å²) in [6.07, 6.45) is 1.66. The first-order valence-electron chi connectivity index (χ1n) is 5.54. The molecule has 1 saturated carbocycles. The highest BCUT2D eigenvalue weighted by Gasteiger charge is 2.42. The van der Waals surface area contributed by atoms with Gasteiger partial charge in [-0.05, 0) is 31.0 Å². The van der Waals surface area contributed by atoms with Gasteiger partial charge in [0, 0.05) is 24.3 Å². The number of halogens is 1. The van der Waals surface area contributed by atoms with Crippen LogP contribution in [0.4, 0.5) is 5.69 Å². The minimum absolute atomic E-state index is 0.0137. The Morgan fingerprint density at radius 3 is 2.67 bits per heavy atom. The van der Waals surface area contributed by atoms with E-state index in [1.165, 1.54) is 18.2 Å². The predicted octanol–water partition coefficient (Wildman–Crippen LogP) is 0.973. The van der Waals surface area contributed by atoms with Crippen LogP contribution in [-0.4, -0.2) is 26.7 Å². The highest BCUT2D eigenvalue weighted by molar-refractivity contribution is 7.89. The van der Waals surface area contributed by atoms with Gasteiger partial charge < -0.3 is 10.8 Å². The summed E-state index contributed by atoms with van der Waals surface area (Å²) >= 11 is 5.86. The van der Waals surface area contributed by atoms with Gasteiger partial charge in [-0.2, -0.15) is 0 Å². The second-order valence-electron chi connectivity index (χ2n) is 4.67. The van der Waals surface area contributed by atoms with Crippen molar-refractivity contribution in [1.82, 2.24) is 4.72 Å². The molecule has 1 aromatic carbocycles. The number of rotatable bonds is 5. The molecule has 1 aromatic rings. The average molecular weight is 291 g/mol. The summed E-state index contributed by atoms with van der Waals surface area (Å²) in [5, 5.41) is 9.27. The molecule has 18 heavy (non-hydrogen) atoms. The van der Waals surface area contributed by atoms with Crippen LogP contribution >= 0.6 is 11.6 Å². The molecule has 0 bridgehead atoms. The third kappa shape index (κ3) is 2.77. The minimum atomic E-state index is -3.69. The molecule has 7 heteroatoms. The third-order valence-electron chi connectivity index (χ3n) is 3.17. The van der Waals surface area contributed by atoms with Crippen molar-refractivity contribution in [1.29, 1.82) is 0 Å². The molecule has 0 radical (unpaired) electrons. The maximum absolute atomic E-state index is 12.1. The first-order valence-corrected chi connectivity index (χ1v) is 7.40. The summed E-state index contributed by atoms with van der Waals surface area (Å²) in [4.78, 5) is -0.0297. The largest absolute Gasteiger partial charge is 0.399 e. The lowest BCUT2D eigenvalue weighted by Crippen LogP contribution is -2.32. The van der Waals surface area contributed by atoms with Crippen LogP contribution in [0.15, 0.2) is 23.1 Å². The maximum Gasteiger partial charge on any atom is 0.242 e. The number of aliphatic hydroxyl groups excluding tert-OH is 1. The van der Waals surface area contributed by atoms with E-state index in [-0.39, 0.29) is 28.5 Å². The number of hydrogen-bond acceptors (Lipinski definition) is 4. The van der Waals surface area contributed by atoms with Crippen molar-refractivity contribution in [3.8, 4) is 0 Å². The Kier molecular flexibility index (Phi) is 3.55. The lowest BCUT2D eigenvalue weighted by Gasteiger charge is -2.14. The fourth-order valence-electron chi connectivity index (χ4n) is 1.62. The van der Waals surface area contributed by atoms with Crippen molar-refractivity contribution in [2.45, 2.75) is 17.7 Å². The van der Waals surface area contributed by atoms with Crippen molar-refractivity contribution >= 4 is 27.3 Å².